The number of thiophene rings is 1. The van der Waals surface area contributed by atoms with Gasteiger partial charge in [0, 0.05) is 16.3 Å². The number of hydrogen-bond acceptors (Lipinski definition) is 4. The van der Waals surface area contributed by atoms with Gasteiger partial charge in [0.25, 0.3) is 5.91 Å². The van der Waals surface area contributed by atoms with Gasteiger partial charge in [-0.25, -0.2) is 8.42 Å². The van der Waals surface area contributed by atoms with E-state index >= 15 is 0 Å². The fourth-order valence-corrected chi connectivity index (χ4v) is 5.96. The van der Waals surface area contributed by atoms with Crippen LogP contribution in [0.1, 0.15) is 40.6 Å². The number of amides is 1. The highest BCUT2D eigenvalue weighted by atomic mass is 32.2. The van der Waals surface area contributed by atoms with Gasteiger partial charge in [0.1, 0.15) is 0 Å². The number of carbonyl (C=O) groups is 1. The molecule has 110 valence electrons. The molecule has 1 fully saturated rings. The molecule has 0 aromatic carbocycles. The molecule has 0 spiro atoms. The van der Waals surface area contributed by atoms with E-state index in [0.717, 1.165) is 24.8 Å². The Morgan fingerprint density at radius 2 is 2.20 bits per heavy atom. The van der Waals surface area contributed by atoms with Gasteiger partial charge in [0.05, 0.1) is 17.1 Å². The van der Waals surface area contributed by atoms with Crippen molar-refractivity contribution in [3.8, 4) is 0 Å². The Labute approximate surface area is 123 Å². The van der Waals surface area contributed by atoms with Crippen LogP contribution in [0.5, 0.6) is 0 Å². The first-order valence-electron chi connectivity index (χ1n) is 7.05. The van der Waals surface area contributed by atoms with Gasteiger partial charge < -0.3 is 5.32 Å². The number of nitrogens with one attached hydrogen (secondary N) is 1. The minimum absolute atomic E-state index is 0.0854. The summed E-state index contributed by atoms with van der Waals surface area (Å²) in [7, 11) is -2.95. The highest BCUT2D eigenvalue weighted by Gasteiger charge is 2.30. The van der Waals surface area contributed by atoms with Crippen molar-refractivity contribution in [2.45, 2.75) is 38.6 Å². The molecule has 20 heavy (non-hydrogen) atoms. The van der Waals surface area contributed by atoms with Gasteiger partial charge in [-0.1, -0.05) is 6.92 Å². The molecule has 0 bridgehead atoms. The van der Waals surface area contributed by atoms with Crippen LogP contribution in [0.15, 0.2) is 5.38 Å². The molecule has 2 aliphatic rings. The zero-order chi connectivity index (χ0) is 14.3. The summed E-state index contributed by atoms with van der Waals surface area (Å²) < 4.78 is 22.9. The number of carbonyl (C=O) groups excluding carboxylic acids is 1. The first-order chi connectivity index (χ1) is 9.44. The average Bonchev–Trinajstić information content (AvgIpc) is 2.92. The topological polar surface area (TPSA) is 63.2 Å². The molecule has 2 heterocycles. The van der Waals surface area contributed by atoms with Crippen LogP contribution < -0.4 is 5.32 Å². The summed E-state index contributed by atoms with van der Waals surface area (Å²) in [6, 6.07) is -0.217. The fourth-order valence-electron chi connectivity index (χ4n) is 3.04. The van der Waals surface area contributed by atoms with Crippen molar-refractivity contribution >= 4 is 27.1 Å². The van der Waals surface area contributed by atoms with Gasteiger partial charge in [-0.05, 0) is 37.2 Å². The lowest BCUT2D eigenvalue weighted by Gasteiger charge is -2.19. The maximum atomic E-state index is 12.3. The Hall–Kier alpha value is -0.880. The Kier molecular flexibility index (Phi) is 3.62. The van der Waals surface area contributed by atoms with Crippen LogP contribution in [0.3, 0.4) is 0 Å². The lowest BCUT2D eigenvalue weighted by molar-refractivity contribution is 0.0940. The molecule has 0 radical (unpaired) electrons. The Morgan fingerprint density at radius 3 is 2.90 bits per heavy atom. The second-order valence-corrected chi connectivity index (χ2v) is 9.17. The summed E-state index contributed by atoms with van der Waals surface area (Å²) in [6.07, 6.45) is 3.69. The summed E-state index contributed by atoms with van der Waals surface area (Å²) >= 11 is 1.66. The van der Waals surface area contributed by atoms with E-state index in [-0.39, 0.29) is 23.5 Å². The second-order valence-electron chi connectivity index (χ2n) is 5.97. The molecule has 2 atom stereocenters. The molecule has 1 aromatic heterocycles. The monoisotopic (exact) mass is 313 g/mol. The standard InChI is InChI=1S/C14H19NO3S2/c1-9-2-3-11-12(7-19-13(11)6-9)14(16)15-10-4-5-20(17,18)8-10/h7,9-10H,2-6,8H2,1H3,(H,15,16)/t9-,10+/m1/s1. The average molecular weight is 313 g/mol. The van der Waals surface area contributed by atoms with Crippen molar-refractivity contribution in [3.63, 3.8) is 0 Å². The molecular weight excluding hydrogens is 294 g/mol. The first-order valence-corrected chi connectivity index (χ1v) is 9.75. The lowest BCUT2D eigenvalue weighted by Crippen LogP contribution is -2.36. The SMILES string of the molecule is C[C@@H]1CCc2c(C(=O)N[C@H]3CCS(=O)(=O)C3)csc2C1. The maximum absolute atomic E-state index is 12.3. The van der Waals surface area contributed by atoms with Crippen LogP contribution in [-0.4, -0.2) is 31.9 Å². The second kappa shape index (κ2) is 5.15. The van der Waals surface area contributed by atoms with E-state index < -0.39 is 9.84 Å². The van der Waals surface area contributed by atoms with Crippen molar-refractivity contribution in [1.82, 2.24) is 5.32 Å². The normalized spacial score (nSPS) is 28.1. The van der Waals surface area contributed by atoms with E-state index in [9.17, 15) is 13.2 Å². The molecule has 1 amide bonds. The number of hydrogen-bond donors (Lipinski definition) is 1. The highest BCUT2D eigenvalue weighted by molar-refractivity contribution is 7.91. The molecule has 0 saturated carbocycles. The van der Waals surface area contributed by atoms with E-state index in [1.807, 2.05) is 5.38 Å². The predicted molar refractivity (Wildman–Crippen MR) is 80.0 cm³/mol. The van der Waals surface area contributed by atoms with Crippen LogP contribution >= 0.6 is 11.3 Å². The molecule has 1 N–H and O–H groups in total. The molecule has 1 aromatic rings. The lowest BCUT2D eigenvalue weighted by atomic mass is 9.88. The third-order valence-electron chi connectivity index (χ3n) is 4.21. The van der Waals surface area contributed by atoms with E-state index in [4.69, 9.17) is 0 Å². The number of sulfone groups is 1. The minimum Gasteiger partial charge on any atom is -0.348 e. The molecule has 1 aliphatic carbocycles. The summed E-state index contributed by atoms with van der Waals surface area (Å²) in [6.45, 7) is 2.24. The third kappa shape index (κ3) is 2.76. The first kappa shape index (κ1) is 14.1. The Morgan fingerprint density at radius 1 is 1.40 bits per heavy atom. The van der Waals surface area contributed by atoms with E-state index in [1.165, 1.54) is 10.4 Å². The number of fused-ring (bicyclic) bond motifs is 1. The van der Waals surface area contributed by atoms with E-state index in [2.05, 4.69) is 12.2 Å². The van der Waals surface area contributed by atoms with Gasteiger partial charge in [-0.15, -0.1) is 11.3 Å². The fraction of sp³-hybridized carbons (Fsp3) is 0.643. The molecule has 4 nitrogen and oxygen atoms in total. The Bertz CT molecular complexity index is 633. The van der Waals surface area contributed by atoms with Crippen LogP contribution in [0, 0.1) is 5.92 Å². The van der Waals surface area contributed by atoms with Gasteiger partial charge in [0.2, 0.25) is 0 Å². The third-order valence-corrected chi connectivity index (χ3v) is 7.03. The van der Waals surface area contributed by atoms with Gasteiger partial charge in [-0.2, -0.15) is 0 Å². The van der Waals surface area contributed by atoms with Crippen molar-refractivity contribution in [2.24, 2.45) is 5.92 Å². The van der Waals surface area contributed by atoms with Gasteiger partial charge >= 0.3 is 0 Å². The minimum atomic E-state index is -2.95. The van der Waals surface area contributed by atoms with E-state index in [0.29, 0.717) is 12.3 Å². The van der Waals surface area contributed by atoms with E-state index in [1.54, 1.807) is 11.3 Å². The predicted octanol–water partition coefficient (Wildman–Crippen LogP) is 1.79. The largest absolute Gasteiger partial charge is 0.348 e. The molecule has 1 saturated heterocycles. The quantitative estimate of drug-likeness (QED) is 0.905. The zero-order valence-corrected chi connectivity index (χ0v) is 13.1. The van der Waals surface area contributed by atoms with Crippen LogP contribution in [0.4, 0.5) is 0 Å². The summed E-state index contributed by atoms with van der Waals surface area (Å²) in [5.41, 5.74) is 1.95. The Balaban J connectivity index is 1.72. The smallest absolute Gasteiger partial charge is 0.252 e. The van der Waals surface area contributed by atoms with Crippen molar-refractivity contribution < 1.29 is 13.2 Å². The van der Waals surface area contributed by atoms with Crippen molar-refractivity contribution in [2.75, 3.05) is 11.5 Å². The highest BCUT2D eigenvalue weighted by Crippen LogP contribution is 2.32. The molecule has 3 rings (SSSR count). The summed E-state index contributed by atoms with van der Waals surface area (Å²) in [5, 5.41) is 4.82. The molecule has 6 heteroatoms. The maximum Gasteiger partial charge on any atom is 0.252 e. The number of rotatable bonds is 2. The van der Waals surface area contributed by atoms with Crippen molar-refractivity contribution in [1.29, 1.82) is 0 Å². The summed E-state index contributed by atoms with van der Waals surface area (Å²) in [5.74, 6) is 0.871. The molecule has 0 unspecified atom stereocenters. The molecule has 1 aliphatic heterocycles. The van der Waals surface area contributed by atoms with Gasteiger partial charge in [-0.3, -0.25) is 4.79 Å². The zero-order valence-electron chi connectivity index (χ0n) is 11.5. The van der Waals surface area contributed by atoms with Crippen LogP contribution in [-0.2, 0) is 22.7 Å². The van der Waals surface area contributed by atoms with Crippen LogP contribution in [0.25, 0.3) is 0 Å². The van der Waals surface area contributed by atoms with Crippen molar-refractivity contribution in [3.05, 3.63) is 21.4 Å². The summed E-state index contributed by atoms with van der Waals surface area (Å²) in [4.78, 5) is 13.7. The van der Waals surface area contributed by atoms with Crippen LogP contribution in [0.2, 0.25) is 0 Å². The molecular formula is C14H19NO3S2. The van der Waals surface area contributed by atoms with Gasteiger partial charge in [0.15, 0.2) is 9.84 Å².